The predicted octanol–water partition coefficient (Wildman–Crippen LogP) is 2.13. The Morgan fingerprint density at radius 2 is 1.76 bits per heavy atom. The van der Waals surface area contributed by atoms with Gasteiger partial charge in [-0.15, -0.1) is 0 Å². The Labute approximate surface area is 193 Å². The van der Waals surface area contributed by atoms with Crippen LogP contribution in [0.1, 0.15) is 19.3 Å². The molecule has 174 valence electrons. The number of ether oxygens (including phenoxy) is 1. The van der Waals surface area contributed by atoms with Gasteiger partial charge in [-0.25, -0.2) is 23.4 Å². The maximum Gasteiger partial charge on any atom is 0.207 e. The fourth-order valence-corrected chi connectivity index (χ4v) is 6.57. The Balaban J connectivity index is 1.36. The van der Waals surface area contributed by atoms with Crippen LogP contribution >= 0.6 is 0 Å². The van der Waals surface area contributed by atoms with Gasteiger partial charge in [0.1, 0.15) is 6.33 Å². The van der Waals surface area contributed by atoms with Gasteiger partial charge in [0, 0.05) is 32.7 Å². The molecule has 9 nitrogen and oxygen atoms in total. The molecule has 33 heavy (non-hydrogen) atoms. The molecule has 0 bridgehead atoms. The van der Waals surface area contributed by atoms with Gasteiger partial charge >= 0.3 is 0 Å². The summed E-state index contributed by atoms with van der Waals surface area (Å²) in [5, 5.41) is -0.445. The summed E-state index contributed by atoms with van der Waals surface area (Å²) in [5.41, 5.74) is 1.63. The van der Waals surface area contributed by atoms with E-state index in [2.05, 4.69) is 24.3 Å². The number of benzene rings is 1. The van der Waals surface area contributed by atoms with Crippen molar-refractivity contribution >= 4 is 32.8 Å². The molecule has 3 aromatic rings. The van der Waals surface area contributed by atoms with E-state index in [1.807, 2.05) is 6.07 Å². The first-order chi connectivity index (χ1) is 16.1. The van der Waals surface area contributed by atoms with Crippen LogP contribution in [0.4, 0.5) is 11.8 Å². The lowest BCUT2D eigenvalue weighted by Gasteiger charge is -2.27. The van der Waals surface area contributed by atoms with Crippen LogP contribution in [0.25, 0.3) is 11.2 Å². The zero-order valence-corrected chi connectivity index (χ0v) is 19.3. The van der Waals surface area contributed by atoms with Crippen molar-refractivity contribution in [1.82, 2.24) is 19.5 Å². The van der Waals surface area contributed by atoms with Crippen molar-refractivity contribution in [3.63, 3.8) is 0 Å². The van der Waals surface area contributed by atoms with Crippen molar-refractivity contribution in [2.75, 3.05) is 49.2 Å². The summed E-state index contributed by atoms with van der Waals surface area (Å²) in [7, 11) is -3.39. The van der Waals surface area contributed by atoms with Gasteiger partial charge in [-0.1, -0.05) is 18.2 Å². The van der Waals surface area contributed by atoms with Gasteiger partial charge in [0.2, 0.25) is 5.95 Å². The van der Waals surface area contributed by atoms with Crippen LogP contribution in [0.3, 0.4) is 0 Å². The molecule has 4 heterocycles. The molecular weight excluding hydrogens is 440 g/mol. The Morgan fingerprint density at radius 3 is 2.52 bits per heavy atom. The molecule has 0 radical (unpaired) electrons. The average Bonchev–Trinajstić information content (AvgIpc) is 3.39. The molecule has 1 aromatic carbocycles. The molecule has 3 fully saturated rings. The molecule has 0 amide bonds. The van der Waals surface area contributed by atoms with Gasteiger partial charge in [-0.2, -0.15) is 0 Å². The van der Waals surface area contributed by atoms with Crippen molar-refractivity contribution in [2.24, 2.45) is 5.92 Å². The van der Waals surface area contributed by atoms with E-state index in [1.54, 1.807) is 30.6 Å². The summed E-state index contributed by atoms with van der Waals surface area (Å²) in [5.74, 6) is 2.29. The van der Waals surface area contributed by atoms with E-state index in [1.165, 1.54) is 12.8 Å². The van der Waals surface area contributed by atoms with Crippen molar-refractivity contribution in [2.45, 2.75) is 36.0 Å². The standard InChI is InChI=1S/C23H28N6O3S/c30-33(31,18-4-2-1-3-5-18)19-8-9-28(15-19)23-26-20-21(27-10-12-32-13-11-27)24-16-25-22(20)29(23)14-17-6-7-17/h1-5,16-17,19H,6-15H2. The minimum absolute atomic E-state index is 0.392. The first kappa shape index (κ1) is 20.9. The Hall–Kier alpha value is -2.72. The van der Waals surface area contributed by atoms with Gasteiger partial charge in [-0.05, 0) is 37.3 Å². The summed E-state index contributed by atoms with van der Waals surface area (Å²) < 4.78 is 34.1. The van der Waals surface area contributed by atoms with E-state index in [9.17, 15) is 8.42 Å². The van der Waals surface area contributed by atoms with E-state index in [-0.39, 0.29) is 0 Å². The molecule has 1 saturated carbocycles. The molecule has 10 heteroatoms. The SMILES string of the molecule is O=S(=O)(c1ccccc1)C1CCN(c2nc3c(N4CCOCC4)ncnc3n2CC2CC2)C1. The number of imidazole rings is 1. The minimum atomic E-state index is -3.39. The summed E-state index contributed by atoms with van der Waals surface area (Å²) in [4.78, 5) is 18.9. The van der Waals surface area contributed by atoms with E-state index >= 15 is 0 Å². The van der Waals surface area contributed by atoms with E-state index in [4.69, 9.17) is 9.72 Å². The van der Waals surface area contributed by atoms with Crippen LogP contribution in [-0.2, 0) is 21.1 Å². The number of nitrogens with zero attached hydrogens (tertiary/aromatic N) is 6. The average molecular weight is 469 g/mol. The molecule has 2 aromatic heterocycles. The third-order valence-corrected chi connectivity index (χ3v) is 9.07. The molecular formula is C23H28N6O3S. The lowest BCUT2D eigenvalue weighted by molar-refractivity contribution is 0.122. The molecule has 2 saturated heterocycles. The molecule has 0 N–H and O–H groups in total. The van der Waals surface area contributed by atoms with Crippen LogP contribution in [0.2, 0.25) is 0 Å². The van der Waals surface area contributed by atoms with Crippen LogP contribution < -0.4 is 9.80 Å². The normalized spacial score (nSPS) is 21.8. The Bertz CT molecular complexity index is 1250. The predicted molar refractivity (Wildman–Crippen MR) is 125 cm³/mol. The quantitative estimate of drug-likeness (QED) is 0.543. The summed E-state index contributed by atoms with van der Waals surface area (Å²) in [6, 6.07) is 8.77. The van der Waals surface area contributed by atoms with Crippen LogP contribution in [0.5, 0.6) is 0 Å². The summed E-state index contributed by atoms with van der Waals surface area (Å²) in [6.07, 6.45) is 4.64. The maximum absolute atomic E-state index is 13.2. The van der Waals surface area contributed by atoms with E-state index in [0.717, 1.165) is 42.6 Å². The molecule has 6 rings (SSSR count). The minimum Gasteiger partial charge on any atom is -0.378 e. The summed E-state index contributed by atoms with van der Waals surface area (Å²) >= 11 is 0. The highest BCUT2D eigenvalue weighted by atomic mass is 32.2. The summed E-state index contributed by atoms with van der Waals surface area (Å²) in [6.45, 7) is 4.85. The molecule has 1 aliphatic carbocycles. The highest BCUT2D eigenvalue weighted by Gasteiger charge is 2.37. The van der Waals surface area contributed by atoms with Crippen LogP contribution in [0.15, 0.2) is 41.6 Å². The van der Waals surface area contributed by atoms with Gasteiger partial charge in [0.05, 0.1) is 23.4 Å². The lowest BCUT2D eigenvalue weighted by atomic mass is 10.3. The molecule has 1 unspecified atom stereocenters. The number of hydrogen-bond acceptors (Lipinski definition) is 8. The highest BCUT2D eigenvalue weighted by Crippen LogP contribution is 2.36. The second-order valence-corrected chi connectivity index (χ2v) is 11.4. The molecule has 0 spiro atoms. The number of fused-ring (bicyclic) bond motifs is 1. The number of aromatic nitrogens is 4. The van der Waals surface area contributed by atoms with Gasteiger partial charge in [0.25, 0.3) is 0 Å². The first-order valence-corrected chi connectivity index (χ1v) is 13.2. The second kappa shape index (κ2) is 8.25. The van der Waals surface area contributed by atoms with Crippen molar-refractivity contribution in [3.05, 3.63) is 36.7 Å². The number of anilines is 2. The Kier molecular flexibility index (Phi) is 5.21. The van der Waals surface area contributed by atoms with Gasteiger partial charge in [-0.3, -0.25) is 4.57 Å². The van der Waals surface area contributed by atoms with Crippen LogP contribution in [-0.4, -0.2) is 72.6 Å². The smallest absolute Gasteiger partial charge is 0.207 e. The number of rotatable bonds is 6. The fraction of sp³-hybridized carbons (Fsp3) is 0.522. The van der Waals surface area contributed by atoms with Crippen molar-refractivity contribution < 1.29 is 13.2 Å². The highest BCUT2D eigenvalue weighted by molar-refractivity contribution is 7.92. The molecule has 3 aliphatic rings. The zero-order chi connectivity index (χ0) is 22.4. The first-order valence-electron chi connectivity index (χ1n) is 11.7. The van der Waals surface area contributed by atoms with Crippen molar-refractivity contribution in [3.8, 4) is 0 Å². The van der Waals surface area contributed by atoms with Gasteiger partial charge < -0.3 is 14.5 Å². The third kappa shape index (κ3) is 3.85. The van der Waals surface area contributed by atoms with E-state index in [0.29, 0.717) is 43.5 Å². The largest absolute Gasteiger partial charge is 0.378 e. The van der Waals surface area contributed by atoms with Crippen LogP contribution in [0, 0.1) is 5.92 Å². The third-order valence-electron chi connectivity index (χ3n) is 6.88. The van der Waals surface area contributed by atoms with Crippen molar-refractivity contribution in [1.29, 1.82) is 0 Å². The lowest BCUT2D eigenvalue weighted by Crippen LogP contribution is -2.37. The fourth-order valence-electron chi connectivity index (χ4n) is 4.85. The van der Waals surface area contributed by atoms with Gasteiger partial charge in [0.15, 0.2) is 26.8 Å². The Morgan fingerprint density at radius 1 is 0.970 bits per heavy atom. The number of morpholine rings is 1. The second-order valence-electron chi connectivity index (χ2n) is 9.15. The molecule has 2 aliphatic heterocycles. The zero-order valence-electron chi connectivity index (χ0n) is 18.5. The van der Waals surface area contributed by atoms with E-state index < -0.39 is 15.1 Å². The number of sulfone groups is 1. The monoisotopic (exact) mass is 468 g/mol. The number of hydrogen-bond donors (Lipinski definition) is 0. The maximum atomic E-state index is 13.2. The topological polar surface area (TPSA) is 93.5 Å². The molecule has 1 atom stereocenters.